The number of carboxylic acids is 1. The molecule has 0 aliphatic heterocycles. The van der Waals surface area contributed by atoms with Gasteiger partial charge in [0.25, 0.3) is 0 Å². The Balaban J connectivity index is 5.32. The molecule has 0 aromatic rings. The largest absolute Gasteiger partial charge is 0.480 e. The first-order valence-corrected chi connectivity index (χ1v) is 10.6. The summed E-state index contributed by atoms with van der Waals surface area (Å²) in [6.07, 6.45) is 2.04. The minimum atomic E-state index is -1.22. The van der Waals surface area contributed by atoms with E-state index < -0.39 is 48.4 Å². The second-order valence-electron chi connectivity index (χ2n) is 7.74. The predicted octanol–water partition coefficient (Wildman–Crippen LogP) is -2.68. The summed E-state index contributed by atoms with van der Waals surface area (Å²) in [5.74, 6) is -3.19. The third kappa shape index (κ3) is 12.7. The van der Waals surface area contributed by atoms with Gasteiger partial charge in [-0.1, -0.05) is 13.8 Å². The highest BCUT2D eigenvalue weighted by molar-refractivity contribution is 5.93. The van der Waals surface area contributed by atoms with Crippen LogP contribution < -0.4 is 38.9 Å². The topological polar surface area (TPSA) is 241 Å². The molecule has 0 saturated heterocycles. The Labute approximate surface area is 188 Å². The molecular formula is C19H38N8O5. The lowest BCUT2D eigenvalue weighted by Crippen LogP contribution is -2.56. The van der Waals surface area contributed by atoms with Gasteiger partial charge in [0.1, 0.15) is 18.6 Å². The molecule has 0 aliphatic carbocycles. The van der Waals surface area contributed by atoms with Gasteiger partial charge in [-0.3, -0.25) is 24.2 Å². The molecule has 0 heterocycles. The number of amides is 3. The lowest BCUT2D eigenvalue weighted by atomic mass is 10.0. The van der Waals surface area contributed by atoms with Crippen molar-refractivity contribution >= 4 is 29.7 Å². The number of rotatable bonds is 16. The highest BCUT2D eigenvalue weighted by Crippen LogP contribution is 2.06. The van der Waals surface area contributed by atoms with Gasteiger partial charge >= 0.3 is 5.97 Å². The van der Waals surface area contributed by atoms with E-state index in [2.05, 4.69) is 20.9 Å². The molecule has 13 heteroatoms. The Hall–Kier alpha value is -2.93. The second-order valence-corrected chi connectivity index (χ2v) is 7.74. The Morgan fingerprint density at radius 3 is 2.00 bits per heavy atom. The molecule has 0 aromatic carbocycles. The van der Waals surface area contributed by atoms with Crippen LogP contribution in [0.25, 0.3) is 0 Å². The fourth-order valence-corrected chi connectivity index (χ4v) is 2.66. The highest BCUT2D eigenvalue weighted by atomic mass is 16.4. The van der Waals surface area contributed by atoms with Crippen LogP contribution in [0, 0.1) is 5.92 Å². The van der Waals surface area contributed by atoms with E-state index in [0.29, 0.717) is 32.2 Å². The molecule has 0 radical (unpaired) electrons. The first-order chi connectivity index (χ1) is 15.0. The number of hydrogen-bond acceptors (Lipinski definition) is 7. The normalized spacial score (nSPS) is 13.5. The van der Waals surface area contributed by atoms with Crippen molar-refractivity contribution in [2.75, 3.05) is 19.6 Å². The Morgan fingerprint density at radius 2 is 1.47 bits per heavy atom. The van der Waals surface area contributed by atoms with E-state index in [1.807, 2.05) is 0 Å². The summed E-state index contributed by atoms with van der Waals surface area (Å²) in [5.41, 5.74) is 21.9. The molecule has 3 unspecified atom stereocenters. The highest BCUT2D eigenvalue weighted by Gasteiger charge is 2.28. The van der Waals surface area contributed by atoms with Crippen molar-refractivity contribution in [1.29, 1.82) is 0 Å². The molecule has 0 aliphatic rings. The molecule has 184 valence electrons. The second kappa shape index (κ2) is 15.8. The van der Waals surface area contributed by atoms with Crippen LogP contribution in [0.15, 0.2) is 4.99 Å². The zero-order valence-electron chi connectivity index (χ0n) is 18.8. The molecule has 3 amide bonds. The average molecular weight is 459 g/mol. The van der Waals surface area contributed by atoms with Crippen molar-refractivity contribution < 1.29 is 24.3 Å². The number of carboxylic acid groups (broad SMARTS) is 1. The Kier molecular flexibility index (Phi) is 14.4. The number of aliphatic imine (C=N–C) groups is 1. The van der Waals surface area contributed by atoms with Crippen molar-refractivity contribution in [2.45, 2.75) is 64.1 Å². The summed E-state index contributed by atoms with van der Waals surface area (Å²) in [6.45, 7) is 3.62. The van der Waals surface area contributed by atoms with Crippen LogP contribution in [0.3, 0.4) is 0 Å². The van der Waals surface area contributed by atoms with Crippen molar-refractivity contribution in [2.24, 2.45) is 33.8 Å². The summed E-state index contributed by atoms with van der Waals surface area (Å²) in [7, 11) is 0. The van der Waals surface area contributed by atoms with Gasteiger partial charge in [-0.25, -0.2) is 0 Å². The summed E-state index contributed by atoms with van der Waals surface area (Å²) < 4.78 is 0. The van der Waals surface area contributed by atoms with Gasteiger partial charge in [0.2, 0.25) is 17.7 Å². The van der Waals surface area contributed by atoms with Gasteiger partial charge in [-0.15, -0.1) is 0 Å². The van der Waals surface area contributed by atoms with Gasteiger partial charge in [0, 0.05) is 6.54 Å². The molecule has 32 heavy (non-hydrogen) atoms. The maximum atomic E-state index is 12.9. The van der Waals surface area contributed by atoms with Crippen LogP contribution in [0.5, 0.6) is 0 Å². The maximum absolute atomic E-state index is 12.9. The van der Waals surface area contributed by atoms with Gasteiger partial charge in [0.05, 0.1) is 6.04 Å². The lowest BCUT2D eigenvalue weighted by Gasteiger charge is -2.25. The number of hydrogen-bond donors (Lipinski definition) is 8. The lowest BCUT2D eigenvalue weighted by molar-refractivity contribution is -0.138. The third-order valence-corrected chi connectivity index (χ3v) is 4.59. The Bertz CT molecular complexity index is 652. The minimum absolute atomic E-state index is 0.106. The van der Waals surface area contributed by atoms with E-state index in [1.54, 1.807) is 13.8 Å². The first kappa shape index (κ1) is 29.1. The number of aliphatic carboxylic acids is 1. The van der Waals surface area contributed by atoms with Crippen molar-refractivity contribution in [1.82, 2.24) is 16.0 Å². The molecule has 12 N–H and O–H groups in total. The van der Waals surface area contributed by atoms with Gasteiger partial charge in [-0.05, 0) is 44.6 Å². The van der Waals surface area contributed by atoms with E-state index in [1.165, 1.54) is 0 Å². The molecule has 0 fully saturated rings. The number of carbonyl (C=O) groups is 4. The van der Waals surface area contributed by atoms with Gasteiger partial charge < -0.3 is 44.0 Å². The summed E-state index contributed by atoms with van der Waals surface area (Å²) >= 11 is 0. The van der Waals surface area contributed by atoms with Crippen LogP contribution in [-0.4, -0.2) is 72.5 Å². The fourth-order valence-electron chi connectivity index (χ4n) is 2.66. The third-order valence-electron chi connectivity index (χ3n) is 4.59. The van der Waals surface area contributed by atoms with Crippen LogP contribution in [0.1, 0.15) is 46.0 Å². The van der Waals surface area contributed by atoms with E-state index in [4.69, 9.17) is 28.0 Å². The van der Waals surface area contributed by atoms with Crippen molar-refractivity contribution in [3.8, 4) is 0 Å². The van der Waals surface area contributed by atoms with Crippen molar-refractivity contribution in [3.63, 3.8) is 0 Å². The smallest absolute Gasteiger partial charge is 0.322 e. The average Bonchev–Trinajstić information content (AvgIpc) is 2.72. The predicted molar refractivity (Wildman–Crippen MR) is 120 cm³/mol. The number of guanidine groups is 1. The van der Waals surface area contributed by atoms with E-state index in [0.717, 1.165) is 0 Å². The number of unbranched alkanes of at least 4 members (excludes halogenated alkanes) is 1. The Morgan fingerprint density at radius 1 is 0.906 bits per heavy atom. The fraction of sp³-hybridized carbons (Fsp3) is 0.737. The van der Waals surface area contributed by atoms with Crippen LogP contribution in [0.4, 0.5) is 0 Å². The molecule has 0 saturated carbocycles. The van der Waals surface area contributed by atoms with E-state index in [-0.39, 0.29) is 24.8 Å². The molecule has 3 atom stereocenters. The number of nitrogens with two attached hydrogens (primary N) is 4. The summed E-state index contributed by atoms with van der Waals surface area (Å²) in [5, 5.41) is 16.3. The maximum Gasteiger partial charge on any atom is 0.322 e. The van der Waals surface area contributed by atoms with Crippen LogP contribution in [-0.2, 0) is 19.2 Å². The molecule has 0 spiro atoms. The molecule has 0 rings (SSSR count). The number of carbonyl (C=O) groups excluding carboxylic acids is 3. The number of nitrogens with one attached hydrogen (secondary N) is 3. The van der Waals surface area contributed by atoms with Gasteiger partial charge in [-0.2, -0.15) is 0 Å². The van der Waals surface area contributed by atoms with E-state index in [9.17, 15) is 19.2 Å². The monoisotopic (exact) mass is 458 g/mol. The summed E-state index contributed by atoms with van der Waals surface area (Å²) in [4.78, 5) is 52.3. The zero-order valence-corrected chi connectivity index (χ0v) is 18.8. The van der Waals surface area contributed by atoms with Crippen LogP contribution in [0.2, 0.25) is 0 Å². The molecule has 13 nitrogen and oxygen atoms in total. The first-order valence-electron chi connectivity index (χ1n) is 10.6. The molecule has 0 aromatic heterocycles. The van der Waals surface area contributed by atoms with Gasteiger partial charge in [0.15, 0.2) is 5.96 Å². The molecule has 0 bridgehead atoms. The molecular weight excluding hydrogens is 420 g/mol. The standard InChI is InChI=1S/C19H38N8O5/c1-11(2)15(21)18(32)27-13(6-3-4-8-20)17(31)26-12(7-5-9-24-19(22)23)16(30)25-10-14(28)29/h11-13,15H,3-10,20-21H2,1-2H3,(H,25,30)(H,26,31)(H,27,32)(H,28,29)(H4,22,23,24). The minimum Gasteiger partial charge on any atom is -0.480 e. The van der Waals surface area contributed by atoms with Crippen molar-refractivity contribution in [3.05, 3.63) is 0 Å². The SMILES string of the molecule is CC(C)C(N)C(=O)NC(CCCCN)C(=O)NC(CCCN=C(N)N)C(=O)NCC(=O)O. The quantitative estimate of drug-likeness (QED) is 0.0681. The van der Waals surface area contributed by atoms with Crippen LogP contribution >= 0.6 is 0 Å². The number of nitrogens with zero attached hydrogens (tertiary/aromatic N) is 1. The zero-order chi connectivity index (χ0) is 24.7. The van der Waals surface area contributed by atoms with E-state index >= 15 is 0 Å². The summed E-state index contributed by atoms with van der Waals surface area (Å²) in [6, 6.07) is -2.76.